The second kappa shape index (κ2) is 22.7. The molecule has 0 amide bonds. The number of ketones is 2. The highest BCUT2D eigenvalue weighted by Crippen LogP contribution is 2.49. The number of halogens is 2. The van der Waals surface area contributed by atoms with Gasteiger partial charge in [-0.1, -0.05) is 51.0 Å². The number of hydrogen-bond acceptors (Lipinski definition) is 12. The van der Waals surface area contributed by atoms with E-state index in [1.807, 2.05) is 71.0 Å². The number of nitriles is 2. The van der Waals surface area contributed by atoms with Gasteiger partial charge in [-0.2, -0.15) is 10.5 Å². The summed E-state index contributed by atoms with van der Waals surface area (Å²) in [6.07, 6.45) is 6.31. The number of allylic oxidation sites excluding steroid dienone is 8. The maximum absolute atomic E-state index is 13.9. The van der Waals surface area contributed by atoms with Gasteiger partial charge in [0.2, 0.25) is 5.90 Å². The fourth-order valence-electron chi connectivity index (χ4n) is 10.4. The van der Waals surface area contributed by atoms with Crippen molar-refractivity contribution in [2.45, 2.75) is 122 Å². The van der Waals surface area contributed by atoms with Crippen LogP contribution in [-0.2, 0) is 14.3 Å². The molecule has 6 atom stereocenters. The predicted octanol–water partition coefficient (Wildman–Crippen LogP) is 12.8. The van der Waals surface area contributed by atoms with Crippen LogP contribution in [0, 0.1) is 39.9 Å². The molecule has 2 heterocycles. The second-order valence-corrected chi connectivity index (χ2v) is 19.6. The Hall–Kier alpha value is -5.83. The minimum atomic E-state index is -0.876. The molecular weight excluding hydrogens is 1000 g/mol. The average molecular weight is 1060 g/mol. The molecule has 69 heavy (non-hydrogen) atoms. The Kier molecular flexibility index (Phi) is 16.8. The number of hydrogen-bond donors (Lipinski definition) is 3. The van der Waals surface area contributed by atoms with E-state index in [4.69, 9.17) is 29.1 Å². The van der Waals surface area contributed by atoms with Crippen LogP contribution in [0.2, 0.25) is 0 Å². The van der Waals surface area contributed by atoms with E-state index in [1.165, 1.54) is 0 Å². The molecule has 12 nitrogen and oxygen atoms in total. The summed E-state index contributed by atoms with van der Waals surface area (Å²) in [5.41, 5.74) is 8.63. The molecule has 0 spiro atoms. The number of nitrogens with one attached hydrogen (secondary N) is 3. The summed E-state index contributed by atoms with van der Waals surface area (Å²) in [7, 11) is 0. The molecule has 0 saturated carbocycles. The van der Waals surface area contributed by atoms with E-state index in [0.717, 1.165) is 72.4 Å². The lowest BCUT2D eigenvalue weighted by Crippen LogP contribution is -2.34. The SMILES string of the molecule is CCCC1CC(=O)C2=C(C1)NC(C)=C(C#N)C2c1ccc(OC(Br)c2cccc(C(=N)OCC)c2C(Br)Oc2ccc(C3C(C#N)=C(C)NC4=C3C(=O)CC(CCC)C4)cc2OCC)c(OCC)c1. The highest BCUT2D eigenvalue weighted by atomic mass is 79.9. The number of ether oxygens (including phenoxy) is 5. The number of Topliss-reactive ketones (excluding diaryl/α,β-unsaturated/α-hetero) is 2. The molecule has 7 rings (SSSR count). The van der Waals surface area contributed by atoms with Crippen molar-refractivity contribution in [1.82, 2.24) is 10.6 Å². The average Bonchev–Trinajstić information content (AvgIpc) is 3.32. The lowest BCUT2D eigenvalue weighted by Gasteiger charge is -2.35. The Labute approximate surface area is 422 Å². The summed E-state index contributed by atoms with van der Waals surface area (Å²) < 4.78 is 31.6. The third-order valence-electron chi connectivity index (χ3n) is 13.3. The standard InChI is InChI=1S/C55H61Br2N5O7/c1-8-14-32-22-40-51(42(63)24-32)48(38(28-58)30(6)61-40)34-18-20-44(46(26-34)65-10-3)68-53(56)36-16-13-17-37(55(60)67-12-5)50(36)54(57)69-45-21-19-35(27-47(45)66-11-4)49-39(29-59)31(7)62-41-23-33(15-9-2)25-43(64)52(41)49/h13,16-21,26-27,32-33,48-49,53-54,60-62H,8-12,14-15,22-25H2,1-7H3. The monoisotopic (exact) mass is 1060 g/mol. The first kappa shape index (κ1) is 51.0. The molecule has 6 unspecified atom stereocenters. The zero-order chi connectivity index (χ0) is 49.5. The van der Waals surface area contributed by atoms with Crippen LogP contribution in [0.25, 0.3) is 0 Å². The zero-order valence-corrected chi connectivity index (χ0v) is 43.6. The minimum absolute atomic E-state index is 0.0535. The number of carbonyl (C=O) groups is 2. The van der Waals surface area contributed by atoms with Gasteiger partial charge in [0.25, 0.3) is 0 Å². The van der Waals surface area contributed by atoms with Crippen molar-refractivity contribution < 1.29 is 33.3 Å². The van der Waals surface area contributed by atoms with Gasteiger partial charge in [0.05, 0.1) is 54.9 Å². The van der Waals surface area contributed by atoms with Gasteiger partial charge in [0.1, 0.15) is 0 Å². The molecule has 4 aliphatic rings. The number of carbonyl (C=O) groups excluding carboxylic acids is 2. The van der Waals surface area contributed by atoms with Gasteiger partial charge in [0.15, 0.2) is 44.6 Å². The van der Waals surface area contributed by atoms with Gasteiger partial charge >= 0.3 is 0 Å². The van der Waals surface area contributed by atoms with Crippen LogP contribution in [0.3, 0.4) is 0 Å². The van der Waals surface area contributed by atoms with Gasteiger partial charge in [-0.15, -0.1) is 0 Å². The van der Waals surface area contributed by atoms with Crippen molar-refractivity contribution in [2.24, 2.45) is 11.8 Å². The quantitative estimate of drug-likeness (QED) is 0.0628. The first-order valence-electron chi connectivity index (χ1n) is 24.1. The number of dihydropyridines is 2. The Morgan fingerprint density at radius 2 is 1.16 bits per heavy atom. The van der Waals surface area contributed by atoms with E-state index in [9.17, 15) is 20.1 Å². The van der Waals surface area contributed by atoms with Gasteiger partial charge in [-0.05, 0) is 145 Å². The van der Waals surface area contributed by atoms with Crippen molar-refractivity contribution in [2.75, 3.05) is 19.8 Å². The molecule has 3 aromatic rings. The van der Waals surface area contributed by atoms with Crippen LogP contribution in [0.1, 0.15) is 150 Å². The maximum Gasteiger partial charge on any atom is 0.213 e. The van der Waals surface area contributed by atoms with Gasteiger partial charge in [-0.3, -0.25) is 15.0 Å². The molecule has 0 bridgehead atoms. The molecule has 0 fully saturated rings. The Morgan fingerprint density at radius 3 is 1.59 bits per heavy atom. The molecule has 3 aromatic carbocycles. The van der Waals surface area contributed by atoms with Crippen LogP contribution >= 0.6 is 31.9 Å². The fraction of sp³-hybridized carbons (Fsp3) is 0.436. The van der Waals surface area contributed by atoms with Crippen LogP contribution in [0.15, 0.2) is 99.7 Å². The lowest BCUT2D eigenvalue weighted by atomic mass is 9.72. The highest BCUT2D eigenvalue weighted by Gasteiger charge is 2.41. The maximum atomic E-state index is 13.9. The van der Waals surface area contributed by atoms with E-state index in [0.29, 0.717) is 88.0 Å². The Morgan fingerprint density at radius 1 is 0.681 bits per heavy atom. The Balaban J connectivity index is 1.23. The Bertz CT molecular complexity index is 2730. The van der Waals surface area contributed by atoms with E-state index in [2.05, 4.69) is 68.5 Å². The van der Waals surface area contributed by atoms with Crippen LogP contribution < -0.4 is 29.6 Å². The summed E-state index contributed by atoms with van der Waals surface area (Å²) in [6, 6.07) is 21.3. The van der Waals surface area contributed by atoms with E-state index in [-0.39, 0.29) is 35.9 Å². The van der Waals surface area contributed by atoms with Gasteiger partial charge in [0, 0.05) is 63.5 Å². The van der Waals surface area contributed by atoms with Crippen LogP contribution in [0.5, 0.6) is 23.0 Å². The van der Waals surface area contributed by atoms with E-state index in [1.54, 1.807) is 18.2 Å². The second-order valence-electron chi connectivity index (χ2n) is 17.9. The predicted molar refractivity (Wildman–Crippen MR) is 272 cm³/mol. The number of alkyl halides is 2. The van der Waals surface area contributed by atoms with Crippen molar-refractivity contribution in [1.29, 1.82) is 15.9 Å². The van der Waals surface area contributed by atoms with Crippen molar-refractivity contribution in [3.63, 3.8) is 0 Å². The number of nitrogens with zero attached hydrogens (tertiary/aromatic N) is 2. The molecule has 2 aliphatic carbocycles. The summed E-state index contributed by atoms with van der Waals surface area (Å²) >= 11 is 7.64. The normalized spacial score (nSPS) is 21.0. The van der Waals surface area contributed by atoms with Crippen LogP contribution in [-0.4, -0.2) is 37.3 Å². The molecular formula is C55H61Br2N5O7. The smallest absolute Gasteiger partial charge is 0.213 e. The third kappa shape index (κ3) is 10.7. The molecule has 3 N–H and O–H groups in total. The van der Waals surface area contributed by atoms with Crippen molar-refractivity contribution >= 4 is 49.3 Å². The summed E-state index contributed by atoms with van der Waals surface area (Å²) in [6.45, 7) is 14.5. The molecule has 0 radical (unpaired) electrons. The first-order valence-corrected chi connectivity index (χ1v) is 25.9. The van der Waals surface area contributed by atoms with Crippen LogP contribution in [0.4, 0.5) is 0 Å². The van der Waals surface area contributed by atoms with Gasteiger partial charge < -0.3 is 34.3 Å². The molecule has 362 valence electrons. The topological polar surface area (TPSA) is 176 Å². The highest BCUT2D eigenvalue weighted by molar-refractivity contribution is 9.09. The lowest BCUT2D eigenvalue weighted by molar-refractivity contribution is -0.118. The zero-order valence-electron chi connectivity index (χ0n) is 40.4. The molecule has 0 saturated heterocycles. The summed E-state index contributed by atoms with van der Waals surface area (Å²) in [5.74, 6) is 1.10. The number of benzene rings is 3. The first-order chi connectivity index (χ1) is 33.3. The largest absolute Gasteiger partial charge is 0.490 e. The van der Waals surface area contributed by atoms with Crippen molar-refractivity contribution in [3.05, 3.63) is 127 Å². The number of rotatable bonds is 18. The van der Waals surface area contributed by atoms with E-state index < -0.39 is 21.9 Å². The molecule has 14 heteroatoms. The molecule has 2 aliphatic heterocycles. The minimum Gasteiger partial charge on any atom is -0.490 e. The summed E-state index contributed by atoms with van der Waals surface area (Å²) in [4.78, 5) is 27.7. The third-order valence-corrected chi connectivity index (χ3v) is 14.6. The summed E-state index contributed by atoms with van der Waals surface area (Å²) in [5, 5.41) is 35.0. The molecule has 0 aromatic heterocycles. The van der Waals surface area contributed by atoms with Crippen molar-refractivity contribution in [3.8, 4) is 35.1 Å². The van der Waals surface area contributed by atoms with E-state index >= 15 is 0 Å². The van der Waals surface area contributed by atoms with Gasteiger partial charge in [-0.25, -0.2) is 0 Å². The fourth-order valence-corrected chi connectivity index (χ4v) is 11.7.